The van der Waals surface area contributed by atoms with Gasteiger partial charge in [-0.15, -0.1) is 0 Å². The highest BCUT2D eigenvalue weighted by Crippen LogP contribution is 2.27. The average molecular weight is 276 g/mol. The number of carboxylic acid groups (broad SMARTS) is 1. The van der Waals surface area contributed by atoms with E-state index in [1.807, 2.05) is 0 Å². The number of aromatic hydroxyl groups is 1. The van der Waals surface area contributed by atoms with Crippen LogP contribution in [0.1, 0.15) is 5.56 Å². The molecule has 3 N–H and O–H groups in total. The third kappa shape index (κ3) is 4.03. The third-order valence-electron chi connectivity index (χ3n) is 2.28. The summed E-state index contributed by atoms with van der Waals surface area (Å²) < 4.78 is 4.86. The van der Waals surface area contributed by atoms with E-state index in [-0.39, 0.29) is 17.1 Å². The van der Waals surface area contributed by atoms with Crippen molar-refractivity contribution in [1.29, 1.82) is 5.26 Å². The summed E-state index contributed by atoms with van der Waals surface area (Å²) in [4.78, 5) is 21.9. The van der Waals surface area contributed by atoms with Gasteiger partial charge in [0.15, 0.2) is 11.5 Å². The van der Waals surface area contributed by atoms with E-state index in [4.69, 9.17) is 15.1 Å². The normalized spacial score (nSPS) is 10.5. The number of carbonyl (C=O) groups is 2. The number of phenolic OH excluding ortho intramolecular Hbond substituents is 1. The summed E-state index contributed by atoms with van der Waals surface area (Å²) in [5.74, 6) is -1.89. The second-order valence-electron chi connectivity index (χ2n) is 3.68. The predicted octanol–water partition coefficient (Wildman–Crippen LogP) is 0.509. The van der Waals surface area contributed by atoms with E-state index in [2.05, 4.69) is 5.32 Å². The molecule has 0 heterocycles. The highest BCUT2D eigenvalue weighted by Gasteiger charge is 2.10. The standard InChI is InChI=1S/C13H12N2O5/c1-20-11-3-2-8(5-10(11)16)4-9(6-14)13(19)15-7-12(17)18/h2-5,16H,7H2,1H3,(H,15,19)(H,17,18)/b9-4-. The number of amides is 1. The summed E-state index contributed by atoms with van der Waals surface area (Å²) in [6.07, 6.45) is 1.23. The number of hydrogen-bond donors (Lipinski definition) is 3. The Morgan fingerprint density at radius 2 is 2.20 bits per heavy atom. The molecule has 20 heavy (non-hydrogen) atoms. The number of carbonyl (C=O) groups excluding carboxylic acids is 1. The first-order valence-electron chi connectivity index (χ1n) is 5.46. The molecule has 0 aliphatic carbocycles. The van der Waals surface area contributed by atoms with Crippen LogP contribution in [0.2, 0.25) is 0 Å². The summed E-state index contributed by atoms with van der Waals surface area (Å²) in [6.45, 7) is -0.578. The first-order chi connectivity index (χ1) is 9.47. The number of methoxy groups -OCH3 is 1. The van der Waals surface area contributed by atoms with Gasteiger partial charge in [0.2, 0.25) is 0 Å². The third-order valence-corrected chi connectivity index (χ3v) is 2.28. The lowest BCUT2D eigenvalue weighted by Gasteiger charge is -2.04. The summed E-state index contributed by atoms with van der Waals surface area (Å²) in [7, 11) is 1.39. The van der Waals surface area contributed by atoms with Crippen molar-refractivity contribution in [3.05, 3.63) is 29.3 Å². The fourth-order valence-electron chi connectivity index (χ4n) is 1.36. The number of nitriles is 1. The Balaban J connectivity index is 2.94. The molecule has 0 bridgehead atoms. The van der Waals surface area contributed by atoms with Crippen LogP contribution in [0, 0.1) is 11.3 Å². The van der Waals surface area contributed by atoms with E-state index in [0.29, 0.717) is 5.56 Å². The van der Waals surface area contributed by atoms with Crippen molar-refractivity contribution in [3.63, 3.8) is 0 Å². The number of nitrogens with one attached hydrogen (secondary N) is 1. The lowest BCUT2D eigenvalue weighted by molar-refractivity contribution is -0.137. The molecule has 0 fully saturated rings. The first kappa shape index (κ1) is 15.0. The molecular formula is C13H12N2O5. The number of rotatable bonds is 5. The Morgan fingerprint density at radius 3 is 2.70 bits per heavy atom. The van der Waals surface area contributed by atoms with Gasteiger partial charge < -0.3 is 20.3 Å². The number of benzene rings is 1. The molecule has 7 nitrogen and oxygen atoms in total. The monoisotopic (exact) mass is 276 g/mol. The smallest absolute Gasteiger partial charge is 0.322 e. The Labute approximate surface area is 114 Å². The van der Waals surface area contributed by atoms with E-state index in [1.165, 1.54) is 25.3 Å². The molecule has 0 spiro atoms. The van der Waals surface area contributed by atoms with E-state index >= 15 is 0 Å². The fraction of sp³-hybridized carbons (Fsp3) is 0.154. The largest absolute Gasteiger partial charge is 0.504 e. The summed E-state index contributed by atoms with van der Waals surface area (Å²) in [5, 5.41) is 29.0. The van der Waals surface area contributed by atoms with Crippen LogP contribution in [0.4, 0.5) is 0 Å². The van der Waals surface area contributed by atoms with Crippen LogP contribution in [0.15, 0.2) is 23.8 Å². The molecule has 1 aromatic rings. The van der Waals surface area contributed by atoms with Crippen LogP contribution in [0.3, 0.4) is 0 Å². The van der Waals surface area contributed by atoms with Gasteiger partial charge in [0, 0.05) is 0 Å². The Hall–Kier alpha value is -3.01. The van der Waals surface area contributed by atoms with Crippen LogP contribution in [0.5, 0.6) is 11.5 Å². The van der Waals surface area contributed by atoms with Crippen molar-refractivity contribution in [2.45, 2.75) is 0 Å². The summed E-state index contributed by atoms with van der Waals surface area (Å²) in [5.41, 5.74) is 0.140. The molecular weight excluding hydrogens is 264 g/mol. The second-order valence-corrected chi connectivity index (χ2v) is 3.68. The van der Waals surface area contributed by atoms with Crippen molar-refractivity contribution in [2.24, 2.45) is 0 Å². The molecule has 7 heteroatoms. The molecule has 0 aliphatic rings. The van der Waals surface area contributed by atoms with Gasteiger partial charge in [0.25, 0.3) is 5.91 Å². The van der Waals surface area contributed by atoms with E-state index in [1.54, 1.807) is 12.1 Å². The molecule has 0 saturated carbocycles. The van der Waals surface area contributed by atoms with Crippen LogP contribution in [-0.4, -0.2) is 35.7 Å². The van der Waals surface area contributed by atoms with Crippen LogP contribution in [-0.2, 0) is 9.59 Å². The van der Waals surface area contributed by atoms with Crippen molar-refractivity contribution in [2.75, 3.05) is 13.7 Å². The summed E-state index contributed by atoms with van der Waals surface area (Å²) >= 11 is 0. The number of carboxylic acids is 1. The van der Waals surface area contributed by atoms with Crippen molar-refractivity contribution in [1.82, 2.24) is 5.32 Å². The predicted molar refractivity (Wildman–Crippen MR) is 68.9 cm³/mol. The van der Waals surface area contributed by atoms with Gasteiger partial charge in [-0.2, -0.15) is 5.26 Å². The van der Waals surface area contributed by atoms with Gasteiger partial charge in [-0.3, -0.25) is 9.59 Å². The quantitative estimate of drug-likeness (QED) is 0.532. The van der Waals surface area contributed by atoms with Gasteiger partial charge in [-0.1, -0.05) is 6.07 Å². The summed E-state index contributed by atoms with van der Waals surface area (Å²) in [6, 6.07) is 6.00. The van der Waals surface area contributed by atoms with Gasteiger partial charge >= 0.3 is 5.97 Å². The molecule has 104 valence electrons. The number of nitrogens with zero attached hydrogens (tertiary/aromatic N) is 1. The number of aliphatic carboxylic acids is 1. The number of ether oxygens (including phenoxy) is 1. The molecule has 0 aromatic heterocycles. The Bertz CT molecular complexity index is 601. The van der Waals surface area contributed by atoms with Crippen molar-refractivity contribution in [3.8, 4) is 17.6 Å². The van der Waals surface area contributed by atoms with Gasteiger partial charge in [0.1, 0.15) is 18.2 Å². The molecule has 1 aromatic carbocycles. The SMILES string of the molecule is COc1ccc(/C=C(/C#N)C(=O)NCC(=O)O)cc1O. The average Bonchev–Trinajstić information content (AvgIpc) is 2.42. The molecule has 0 unspecified atom stereocenters. The zero-order chi connectivity index (χ0) is 15.1. The first-order valence-corrected chi connectivity index (χ1v) is 5.46. The van der Waals surface area contributed by atoms with Crippen LogP contribution in [0.25, 0.3) is 6.08 Å². The zero-order valence-corrected chi connectivity index (χ0v) is 10.6. The lowest BCUT2D eigenvalue weighted by atomic mass is 10.1. The maximum atomic E-state index is 11.5. The second kappa shape index (κ2) is 6.80. The number of hydrogen-bond acceptors (Lipinski definition) is 5. The highest BCUT2D eigenvalue weighted by molar-refractivity contribution is 6.02. The molecule has 1 amide bonds. The van der Waals surface area contributed by atoms with E-state index < -0.39 is 18.4 Å². The Morgan fingerprint density at radius 1 is 1.50 bits per heavy atom. The van der Waals surface area contributed by atoms with E-state index in [9.17, 15) is 14.7 Å². The topological polar surface area (TPSA) is 120 Å². The fourth-order valence-corrected chi connectivity index (χ4v) is 1.36. The minimum atomic E-state index is -1.21. The maximum Gasteiger partial charge on any atom is 0.322 e. The van der Waals surface area contributed by atoms with Gasteiger partial charge in [0.05, 0.1) is 7.11 Å². The van der Waals surface area contributed by atoms with Crippen LogP contribution < -0.4 is 10.1 Å². The number of phenols is 1. The minimum Gasteiger partial charge on any atom is -0.504 e. The van der Waals surface area contributed by atoms with E-state index in [0.717, 1.165) is 0 Å². The molecule has 0 saturated heterocycles. The van der Waals surface area contributed by atoms with Gasteiger partial charge in [-0.05, 0) is 23.8 Å². The zero-order valence-electron chi connectivity index (χ0n) is 10.6. The van der Waals surface area contributed by atoms with Gasteiger partial charge in [-0.25, -0.2) is 0 Å². The van der Waals surface area contributed by atoms with Crippen molar-refractivity contribution >= 4 is 18.0 Å². The van der Waals surface area contributed by atoms with Crippen molar-refractivity contribution < 1.29 is 24.5 Å². The molecule has 1 rings (SSSR count). The lowest BCUT2D eigenvalue weighted by Crippen LogP contribution is -2.30. The molecule has 0 aliphatic heterocycles. The minimum absolute atomic E-state index is 0.135. The maximum absolute atomic E-state index is 11.5. The highest BCUT2D eigenvalue weighted by atomic mass is 16.5. The Kier molecular flexibility index (Phi) is 5.12. The molecule has 0 atom stereocenters. The molecule has 0 radical (unpaired) electrons. The van der Waals surface area contributed by atoms with Crippen LogP contribution >= 0.6 is 0 Å².